The highest BCUT2D eigenvalue weighted by Crippen LogP contribution is 2.27. The minimum Gasteiger partial charge on any atom is -0.493 e. The highest BCUT2D eigenvalue weighted by molar-refractivity contribution is 6.03. The Balaban J connectivity index is 1.86. The first kappa shape index (κ1) is 20.5. The number of nitrogens with zero attached hydrogens (tertiary/aromatic N) is 1. The number of hydrazone groups is 1. The number of nitrogens with one attached hydrogen (secondary N) is 2. The Labute approximate surface area is 161 Å². The number of hydrogen-bond donors (Lipinski definition) is 2. The minimum atomic E-state index is -0.600. The van der Waals surface area contributed by atoms with Gasteiger partial charge in [-0.05, 0) is 48.0 Å². The average molecular weight is 383 g/mol. The van der Waals surface area contributed by atoms with E-state index >= 15 is 0 Å². The number of anilines is 1. The summed E-state index contributed by atoms with van der Waals surface area (Å²) in [5.74, 6) is 1.74. The molecular weight excluding hydrogens is 365 g/mol. The van der Waals surface area contributed by atoms with E-state index in [1.165, 1.54) is 37.6 Å². The molecule has 0 bridgehead atoms. The van der Waals surface area contributed by atoms with Crippen molar-refractivity contribution in [3.8, 4) is 23.8 Å². The standard InChI is InChI=1S/C20H18FN3O4/c1-3-10-28-17-9-4-14(11-18(17)27-2)13-22-24-20(26)12-19(25)23-16-7-5-15(21)6-8-16/h1,4-9,11,13H,10,12H2,2H3,(H,23,25)(H,24,26). The Morgan fingerprint density at radius 2 is 1.93 bits per heavy atom. The molecule has 2 amide bonds. The van der Waals surface area contributed by atoms with Crippen molar-refractivity contribution in [3.05, 3.63) is 53.8 Å². The second-order valence-corrected chi connectivity index (χ2v) is 5.43. The van der Waals surface area contributed by atoms with E-state index in [-0.39, 0.29) is 6.61 Å². The predicted molar refractivity (Wildman–Crippen MR) is 103 cm³/mol. The number of amides is 2. The number of ether oxygens (including phenoxy) is 2. The molecule has 0 aliphatic heterocycles. The zero-order valence-corrected chi connectivity index (χ0v) is 15.1. The molecule has 0 aliphatic carbocycles. The number of hydrogen-bond acceptors (Lipinski definition) is 5. The molecule has 7 nitrogen and oxygen atoms in total. The van der Waals surface area contributed by atoms with E-state index in [2.05, 4.69) is 21.8 Å². The quantitative estimate of drug-likeness (QED) is 0.317. The van der Waals surface area contributed by atoms with Crippen molar-refractivity contribution in [2.45, 2.75) is 6.42 Å². The molecule has 2 aromatic rings. The number of rotatable bonds is 8. The first-order valence-corrected chi connectivity index (χ1v) is 8.13. The molecule has 8 heteroatoms. The van der Waals surface area contributed by atoms with Crippen LogP contribution in [0.3, 0.4) is 0 Å². The molecule has 2 aromatic carbocycles. The van der Waals surface area contributed by atoms with Gasteiger partial charge in [-0.3, -0.25) is 9.59 Å². The van der Waals surface area contributed by atoms with E-state index < -0.39 is 24.1 Å². The number of methoxy groups -OCH3 is 1. The van der Waals surface area contributed by atoms with Crippen LogP contribution in [0.1, 0.15) is 12.0 Å². The Bertz CT molecular complexity index is 905. The van der Waals surface area contributed by atoms with Gasteiger partial charge < -0.3 is 14.8 Å². The molecule has 0 heterocycles. The Morgan fingerprint density at radius 3 is 2.61 bits per heavy atom. The largest absolute Gasteiger partial charge is 0.493 e. The van der Waals surface area contributed by atoms with Gasteiger partial charge in [0.25, 0.3) is 0 Å². The second-order valence-electron chi connectivity index (χ2n) is 5.43. The van der Waals surface area contributed by atoms with Gasteiger partial charge in [0.2, 0.25) is 11.8 Å². The lowest BCUT2D eigenvalue weighted by Gasteiger charge is -2.09. The lowest BCUT2D eigenvalue weighted by molar-refractivity contribution is -0.126. The van der Waals surface area contributed by atoms with Gasteiger partial charge in [-0.1, -0.05) is 5.92 Å². The number of benzene rings is 2. The van der Waals surface area contributed by atoms with Crippen LogP contribution in [0.5, 0.6) is 11.5 Å². The van der Waals surface area contributed by atoms with E-state index in [4.69, 9.17) is 15.9 Å². The maximum atomic E-state index is 12.8. The molecule has 0 atom stereocenters. The molecule has 2 rings (SSSR count). The summed E-state index contributed by atoms with van der Waals surface area (Å²) in [7, 11) is 1.49. The van der Waals surface area contributed by atoms with Crippen LogP contribution < -0.4 is 20.2 Å². The monoisotopic (exact) mass is 383 g/mol. The maximum absolute atomic E-state index is 12.8. The second kappa shape index (κ2) is 10.3. The van der Waals surface area contributed by atoms with Crippen molar-refractivity contribution < 1.29 is 23.5 Å². The van der Waals surface area contributed by atoms with Crippen molar-refractivity contribution in [1.29, 1.82) is 0 Å². The molecule has 0 saturated carbocycles. The minimum absolute atomic E-state index is 0.111. The summed E-state index contributed by atoms with van der Waals surface area (Å²) in [5, 5.41) is 6.28. The molecule has 2 N–H and O–H groups in total. The summed E-state index contributed by atoms with van der Waals surface area (Å²) >= 11 is 0. The molecule has 0 aliphatic rings. The van der Waals surface area contributed by atoms with E-state index in [0.29, 0.717) is 22.7 Å². The Hall–Kier alpha value is -3.86. The summed E-state index contributed by atoms with van der Waals surface area (Å²) in [5.41, 5.74) is 3.28. The van der Waals surface area contributed by atoms with Crippen molar-refractivity contribution >= 4 is 23.7 Å². The van der Waals surface area contributed by atoms with Gasteiger partial charge in [0.15, 0.2) is 11.5 Å². The summed E-state index contributed by atoms with van der Waals surface area (Å²) in [6.07, 6.45) is 6.11. The fraction of sp³-hybridized carbons (Fsp3) is 0.150. The van der Waals surface area contributed by atoms with Gasteiger partial charge in [-0.25, -0.2) is 9.82 Å². The van der Waals surface area contributed by atoms with Gasteiger partial charge in [0, 0.05) is 5.69 Å². The number of terminal acetylenes is 1. The van der Waals surface area contributed by atoms with E-state index in [9.17, 15) is 14.0 Å². The third kappa shape index (κ3) is 6.46. The first-order chi connectivity index (χ1) is 13.5. The number of halogens is 1. The van der Waals surface area contributed by atoms with Crippen molar-refractivity contribution in [2.75, 3.05) is 19.0 Å². The molecular formula is C20H18FN3O4. The highest BCUT2D eigenvalue weighted by atomic mass is 19.1. The van der Waals surface area contributed by atoms with E-state index in [1.807, 2.05) is 0 Å². The van der Waals surface area contributed by atoms with Crippen molar-refractivity contribution in [1.82, 2.24) is 5.43 Å². The lowest BCUT2D eigenvalue weighted by atomic mass is 10.2. The van der Waals surface area contributed by atoms with Gasteiger partial charge in [0.05, 0.1) is 13.3 Å². The van der Waals surface area contributed by atoms with Crippen molar-refractivity contribution in [2.24, 2.45) is 5.10 Å². The Kier molecular flexibility index (Phi) is 7.54. The number of carbonyl (C=O) groups is 2. The van der Waals surface area contributed by atoms with Crippen LogP contribution in [0.25, 0.3) is 0 Å². The van der Waals surface area contributed by atoms with Crippen molar-refractivity contribution in [3.63, 3.8) is 0 Å². The summed E-state index contributed by atoms with van der Waals surface area (Å²) in [6.45, 7) is 0.111. The molecule has 0 unspecified atom stereocenters. The lowest BCUT2D eigenvalue weighted by Crippen LogP contribution is -2.24. The molecule has 144 valence electrons. The van der Waals surface area contributed by atoms with Crippen LogP contribution in [0.4, 0.5) is 10.1 Å². The van der Waals surface area contributed by atoms with Gasteiger partial charge in [-0.15, -0.1) is 6.42 Å². The third-order valence-corrected chi connectivity index (χ3v) is 3.35. The maximum Gasteiger partial charge on any atom is 0.249 e. The molecule has 0 spiro atoms. The SMILES string of the molecule is C#CCOc1ccc(C=NNC(=O)CC(=O)Nc2ccc(F)cc2)cc1OC. The van der Waals surface area contributed by atoms with Crippen LogP contribution in [-0.4, -0.2) is 31.7 Å². The fourth-order valence-electron chi connectivity index (χ4n) is 2.11. The zero-order valence-electron chi connectivity index (χ0n) is 15.1. The van der Waals surface area contributed by atoms with Crippen LogP contribution in [0.2, 0.25) is 0 Å². The van der Waals surface area contributed by atoms with E-state index in [0.717, 1.165) is 0 Å². The van der Waals surface area contributed by atoms with Gasteiger partial charge in [0.1, 0.15) is 18.8 Å². The molecule has 0 fully saturated rings. The van der Waals surface area contributed by atoms with E-state index in [1.54, 1.807) is 18.2 Å². The summed E-state index contributed by atoms with van der Waals surface area (Å²) < 4.78 is 23.4. The first-order valence-electron chi connectivity index (χ1n) is 8.13. The Morgan fingerprint density at radius 1 is 1.18 bits per heavy atom. The van der Waals surface area contributed by atoms with Crippen LogP contribution in [0.15, 0.2) is 47.6 Å². The zero-order chi connectivity index (χ0) is 20.4. The molecule has 28 heavy (non-hydrogen) atoms. The topological polar surface area (TPSA) is 89.0 Å². The summed E-state index contributed by atoms with van der Waals surface area (Å²) in [4.78, 5) is 23.6. The predicted octanol–water partition coefficient (Wildman–Crippen LogP) is 2.33. The normalized spacial score (nSPS) is 10.2. The van der Waals surface area contributed by atoms with Gasteiger partial charge in [-0.2, -0.15) is 5.10 Å². The molecule has 0 radical (unpaired) electrons. The van der Waals surface area contributed by atoms with Crippen LogP contribution in [-0.2, 0) is 9.59 Å². The molecule has 0 aromatic heterocycles. The fourth-order valence-corrected chi connectivity index (χ4v) is 2.11. The number of carbonyl (C=O) groups excluding carboxylic acids is 2. The van der Waals surface area contributed by atoms with Crippen LogP contribution >= 0.6 is 0 Å². The molecule has 0 saturated heterocycles. The van der Waals surface area contributed by atoms with Gasteiger partial charge >= 0.3 is 0 Å². The average Bonchev–Trinajstić information content (AvgIpc) is 2.68. The third-order valence-electron chi connectivity index (χ3n) is 3.35. The van der Waals surface area contributed by atoms with Crippen LogP contribution in [0, 0.1) is 18.2 Å². The summed E-state index contributed by atoms with van der Waals surface area (Å²) in [6, 6.07) is 10.2. The smallest absolute Gasteiger partial charge is 0.249 e. The highest BCUT2D eigenvalue weighted by Gasteiger charge is 2.09.